The summed E-state index contributed by atoms with van der Waals surface area (Å²) in [6.07, 6.45) is 0.951. The van der Waals surface area contributed by atoms with Crippen molar-refractivity contribution < 1.29 is 17.9 Å². The first-order chi connectivity index (χ1) is 13.5. The molecule has 0 radical (unpaired) electrons. The van der Waals surface area contributed by atoms with E-state index >= 15 is 0 Å². The molecule has 2 aromatic carbocycles. The van der Waals surface area contributed by atoms with Crippen LogP contribution < -0.4 is 4.74 Å². The van der Waals surface area contributed by atoms with Crippen molar-refractivity contribution in [2.24, 2.45) is 0 Å². The molecule has 0 N–H and O–H groups in total. The summed E-state index contributed by atoms with van der Waals surface area (Å²) in [5, 5.41) is -0.443. The van der Waals surface area contributed by atoms with Crippen molar-refractivity contribution in [1.29, 1.82) is 0 Å². The van der Waals surface area contributed by atoms with Gasteiger partial charge in [-0.15, -0.1) is 11.8 Å². The van der Waals surface area contributed by atoms with Gasteiger partial charge in [0.1, 0.15) is 5.75 Å². The zero-order valence-electron chi connectivity index (χ0n) is 15.9. The van der Waals surface area contributed by atoms with E-state index in [1.165, 1.54) is 5.56 Å². The van der Waals surface area contributed by atoms with Crippen molar-refractivity contribution in [3.05, 3.63) is 60.2 Å². The van der Waals surface area contributed by atoms with Gasteiger partial charge in [-0.3, -0.25) is 4.79 Å². The fourth-order valence-corrected chi connectivity index (χ4v) is 5.91. The molecule has 0 atom stereocenters. The third-order valence-electron chi connectivity index (χ3n) is 4.96. The topological polar surface area (TPSA) is 63.7 Å². The molecule has 1 aliphatic rings. The van der Waals surface area contributed by atoms with E-state index in [1.54, 1.807) is 48.0 Å². The standard InChI is InChI=1S/C21H25NO4S2/c1-26-18-7-9-19(10-8-18)28(24,25)20-11-13-22(14-12-20)21(23)16-27-15-17-5-3-2-4-6-17/h2-10,20H,11-16H2,1H3. The summed E-state index contributed by atoms with van der Waals surface area (Å²) in [6, 6.07) is 16.6. The number of amides is 1. The van der Waals surface area contributed by atoms with E-state index in [4.69, 9.17) is 4.74 Å². The van der Waals surface area contributed by atoms with Gasteiger partial charge in [0.25, 0.3) is 0 Å². The van der Waals surface area contributed by atoms with Crippen molar-refractivity contribution in [1.82, 2.24) is 4.90 Å². The van der Waals surface area contributed by atoms with Crippen molar-refractivity contribution >= 4 is 27.5 Å². The molecule has 1 fully saturated rings. The molecule has 7 heteroatoms. The number of benzene rings is 2. The van der Waals surface area contributed by atoms with Crippen LogP contribution in [0.1, 0.15) is 18.4 Å². The third-order valence-corrected chi connectivity index (χ3v) is 8.23. The van der Waals surface area contributed by atoms with Gasteiger partial charge in [-0.05, 0) is 42.7 Å². The molecule has 0 bridgehead atoms. The van der Waals surface area contributed by atoms with E-state index in [9.17, 15) is 13.2 Å². The Labute approximate surface area is 171 Å². The van der Waals surface area contributed by atoms with Gasteiger partial charge in [-0.1, -0.05) is 30.3 Å². The summed E-state index contributed by atoms with van der Waals surface area (Å²) in [4.78, 5) is 14.5. The van der Waals surface area contributed by atoms with Gasteiger partial charge in [0.05, 0.1) is 23.0 Å². The zero-order chi connectivity index (χ0) is 20.0. The van der Waals surface area contributed by atoms with Crippen LogP contribution in [0.25, 0.3) is 0 Å². The van der Waals surface area contributed by atoms with Crippen LogP contribution in [-0.4, -0.2) is 50.4 Å². The molecule has 1 heterocycles. The first-order valence-electron chi connectivity index (χ1n) is 9.28. The smallest absolute Gasteiger partial charge is 0.232 e. The zero-order valence-corrected chi connectivity index (χ0v) is 17.5. The Morgan fingerprint density at radius 2 is 1.71 bits per heavy atom. The fraction of sp³-hybridized carbons (Fsp3) is 0.381. The maximum atomic E-state index is 12.8. The third kappa shape index (κ3) is 5.08. The molecule has 1 saturated heterocycles. The average molecular weight is 420 g/mol. The van der Waals surface area contributed by atoms with Crippen LogP contribution in [0.4, 0.5) is 0 Å². The lowest BCUT2D eigenvalue weighted by Crippen LogP contribution is -2.43. The van der Waals surface area contributed by atoms with Crippen LogP contribution >= 0.6 is 11.8 Å². The van der Waals surface area contributed by atoms with Gasteiger partial charge >= 0.3 is 0 Å². The quantitative estimate of drug-likeness (QED) is 0.688. The molecule has 0 saturated carbocycles. The molecule has 1 aliphatic heterocycles. The van der Waals surface area contributed by atoms with Crippen LogP contribution in [-0.2, 0) is 20.4 Å². The average Bonchev–Trinajstić information content (AvgIpc) is 2.74. The largest absolute Gasteiger partial charge is 0.497 e. The molecule has 28 heavy (non-hydrogen) atoms. The normalized spacial score (nSPS) is 15.4. The van der Waals surface area contributed by atoms with E-state index < -0.39 is 15.1 Å². The number of methoxy groups -OCH3 is 1. The lowest BCUT2D eigenvalue weighted by atomic mass is 10.1. The lowest BCUT2D eigenvalue weighted by Gasteiger charge is -2.31. The molecule has 1 amide bonds. The van der Waals surface area contributed by atoms with Crippen LogP contribution in [0.2, 0.25) is 0 Å². The number of rotatable bonds is 7. The number of carbonyl (C=O) groups excluding carboxylic acids is 1. The van der Waals surface area contributed by atoms with E-state index in [-0.39, 0.29) is 5.91 Å². The Morgan fingerprint density at radius 1 is 1.07 bits per heavy atom. The first kappa shape index (κ1) is 20.7. The number of piperidine rings is 1. The van der Waals surface area contributed by atoms with Crippen LogP contribution in [0.5, 0.6) is 5.75 Å². The Hall–Kier alpha value is -1.99. The Kier molecular flexibility index (Phi) is 7.02. The SMILES string of the molecule is COc1ccc(S(=O)(=O)C2CCN(C(=O)CSCc3ccccc3)CC2)cc1. The molecule has 0 aromatic heterocycles. The highest BCUT2D eigenvalue weighted by Crippen LogP contribution is 2.26. The van der Waals surface area contributed by atoms with E-state index in [2.05, 4.69) is 0 Å². The molecule has 5 nitrogen and oxygen atoms in total. The highest BCUT2D eigenvalue weighted by atomic mass is 32.2. The van der Waals surface area contributed by atoms with E-state index in [1.807, 2.05) is 30.3 Å². The molecule has 2 aromatic rings. The predicted molar refractivity (Wildman–Crippen MR) is 112 cm³/mol. The lowest BCUT2D eigenvalue weighted by molar-refractivity contribution is -0.129. The maximum absolute atomic E-state index is 12.8. The first-order valence-corrected chi connectivity index (χ1v) is 12.0. The minimum atomic E-state index is -3.39. The second kappa shape index (κ2) is 9.47. The number of ether oxygens (including phenoxy) is 1. The summed E-state index contributed by atoms with van der Waals surface area (Å²) >= 11 is 1.59. The number of nitrogens with zero attached hydrogens (tertiary/aromatic N) is 1. The summed E-state index contributed by atoms with van der Waals surface area (Å²) in [5.74, 6) is 1.94. The van der Waals surface area contributed by atoms with Crippen LogP contribution in [0, 0.1) is 0 Å². The van der Waals surface area contributed by atoms with Crippen LogP contribution in [0.15, 0.2) is 59.5 Å². The summed E-state index contributed by atoms with van der Waals surface area (Å²) in [7, 11) is -1.84. The monoisotopic (exact) mass is 419 g/mol. The number of hydrogen-bond acceptors (Lipinski definition) is 5. The number of likely N-dealkylation sites (tertiary alicyclic amines) is 1. The molecular weight excluding hydrogens is 394 g/mol. The minimum Gasteiger partial charge on any atom is -0.497 e. The van der Waals surface area contributed by atoms with Crippen molar-refractivity contribution in [3.8, 4) is 5.75 Å². The summed E-state index contributed by atoms with van der Waals surface area (Å²) < 4.78 is 30.8. The van der Waals surface area contributed by atoms with Gasteiger partial charge in [-0.2, -0.15) is 0 Å². The van der Waals surface area contributed by atoms with Crippen molar-refractivity contribution in [2.45, 2.75) is 28.7 Å². The van der Waals surface area contributed by atoms with Gasteiger partial charge in [0.15, 0.2) is 9.84 Å². The molecular formula is C21H25NO4S2. The highest BCUT2D eigenvalue weighted by molar-refractivity contribution is 7.99. The molecule has 0 aliphatic carbocycles. The molecule has 3 rings (SSSR count). The number of thioether (sulfide) groups is 1. The second-order valence-electron chi connectivity index (χ2n) is 6.78. The van der Waals surface area contributed by atoms with Crippen molar-refractivity contribution in [3.63, 3.8) is 0 Å². The van der Waals surface area contributed by atoms with Gasteiger partial charge in [-0.25, -0.2) is 8.42 Å². The van der Waals surface area contributed by atoms with E-state index in [0.717, 1.165) is 5.75 Å². The van der Waals surface area contributed by atoms with E-state index in [0.29, 0.717) is 42.3 Å². The summed E-state index contributed by atoms with van der Waals surface area (Å²) in [6.45, 7) is 0.982. The van der Waals surface area contributed by atoms with Crippen molar-refractivity contribution in [2.75, 3.05) is 26.0 Å². The van der Waals surface area contributed by atoms with Crippen LogP contribution in [0.3, 0.4) is 0 Å². The number of carbonyl (C=O) groups is 1. The summed E-state index contributed by atoms with van der Waals surface area (Å²) in [5.41, 5.74) is 1.20. The van der Waals surface area contributed by atoms with Gasteiger partial charge < -0.3 is 9.64 Å². The Balaban J connectivity index is 1.49. The second-order valence-corrected chi connectivity index (χ2v) is 9.99. The van der Waals surface area contributed by atoms with Gasteiger partial charge in [0.2, 0.25) is 5.91 Å². The Morgan fingerprint density at radius 3 is 2.32 bits per heavy atom. The maximum Gasteiger partial charge on any atom is 0.232 e. The number of hydrogen-bond donors (Lipinski definition) is 0. The highest BCUT2D eigenvalue weighted by Gasteiger charge is 2.32. The predicted octanol–water partition coefficient (Wildman–Crippen LogP) is 3.39. The Bertz CT molecular complexity index is 874. The minimum absolute atomic E-state index is 0.0845. The fourth-order valence-electron chi connectivity index (χ4n) is 3.30. The molecule has 0 unspecified atom stereocenters. The number of sulfone groups is 1. The van der Waals surface area contributed by atoms with Gasteiger partial charge in [0, 0.05) is 18.8 Å². The molecule has 0 spiro atoms. The molecule has 150 valence electrons.